The van der Waals surface area contributed by atoms with Gasteiger partial charge in [-0.05, 0) is 44.2 Å². The molecule has 1 heterocycles. The predicted molar refractivity (Wildman–Crippen MR) is 73.3 cm³/mol. The Bertz CT molecular complexity index is 522. The number of aromatic hydroxyl groups is 1. The van der Waals surface area contributed by atoms with Gasteiger partial charge in [-0.2, -0.15) is 0 Å². The molecular formula is C15H19NO3. The molecule has 0 aliphatic rings. The lowest BCUT2D eigenvalue weighted by atomic mass is 10.1. The van der Waals surface area contributed by atoms with Crippen LogP contribution in [0.25, 0.3) is 0 Å². The third kappa shape index (κ3) is 3.09. The Morgan fingerprint density at radius 1 is 1.21 bits per heavy atom. The minimum absolute atomic E-state index is 0.0183. The van der Waals surface area contributed by atoms with Crippen molar-refractivity contribution in [3.05, 3.63) is 47.9 Å². The van der Waals surface area contributed by atoms with Crippen LogP contribution in [0, 0.1) is 0 Å². The Morgan fingerprint density at radius 2 is 2.00 bits per heavy atom. The van der Waals surface area contributed by atoms with Crippen LogP contribution in [-0.2, 0) is 0 Å². The van der Waals surface area contributed by atoms with Gasteiger partial charge in [0.05, 0.1) is 19.4 Å². The molecule has 2 rings (SSSR count). The van der Waals surface area contributed by atoms with E-state index in [-0.39, 0.29) is 17.8 Å². The molecule has 1 aromatic heterocycles. The fourth-order valence-corrected chi connectivity index (χ4v) is 2.09. The molecule has 0 aliphatic carbocycles. The van der Waals surface area contributed by atoms with E-state index >= 15 is 0 Å². The molecular weight excluding hydrogens is 242 g/mol. The van der Waals surface area contributed by atoms with Crippen LogP contribution in [0.1, 0.15) is 37.3 Å². The fraction of sp³-hybridized carbons (Fsp3) is 0.333. The summed E-state index contributed by atoms with van der Waals surface area (Å²) in [5, 5.41) is 13.3. The molecule has 2 aromatic rings. The van der Waals surface area contributed by atoms with Crippen LogP contribution in [-0.4, -0.2) is 12.2 Å². The molecule has 0 bridgehead atoms. The molecule has 102 valence electrons. The molecule has 2 atom stereocenters. The van der Waals surface area contributed by atoms with Crippen LogP contribution in [0.5, 0.6) is 11.5 Å². The van der Waals surface area contributed by atoms with Crippen molar-refractivity contribution < 1.29 is 14.3 Å². The zero-order valence-corrected chi connectivity index (χ0v) is 11.4. The molecule has 1 aromatic carbocycles. The summed E-state index contributed by atoms with van der Waals surface area (Å²) in [6.07, 6.45) is 1.65. The van der Waals surface area contributed by atoms with Gasteiger partial charge in [0.2, 0.25) is 0 Å². The first-order chi connectivity index (χ1) is 9.11. The first kappa shape index (κ1) is 13.5. The zero-order valence-electron chi connectivity index (χ0n) is 11.4. The van der Waals surface area contributed by atoms with Gasteiger partial charge in [0.15, 0.2) is 0 Å². The summed E-state index contributed by atoms with van der Waals surface area (Å²) >= 11 is 0. The van der Waals surface area contributed by atoms with Gasteiger partial charge in [-0.3, -0.25) is 0 Å². The molecule has 2 N–H and O–H groups in total. The number of hydrogen-bond acceptors (Lipinski definition) is 4. The Kier molecular flexibility index (Phi) is 4.12. The summed E-state index contributed by atoms with van der Waals surface area (Å²) in [5.74, 6) is 1.86. The first-order valence-corrected chi connectivity index (χ1v) is 6.28. The Hall–Kier alpha value is -1.94. The quantitative estimate of drug-likeness (QED) is 0.866. The highest BCUT2D eigenvalue weighted by atomic mass is 16.5. The average molecular weight is 261 g/mol. The normalized spacial score (nSPS) is 14.1. The molecule has 0 spiro atoms. The van der Waals surface area contributed by atoms with Crippen molar-refractivity contribution in [3.63, 3.8) is 0 Å². The van der Waals surface area contributed by atoms with Gasteiger partial charge in [-0.25, -0.2) is 0 Å². The molecule has 19 heavy (non-hydrogen) atoms. The largest absolute Gasteiger partial charge is 0.508 e. The maximum absolute atomic E-state index is 9.93. The van der Waals surface area contributed by atoms with Crippen molar-refractivity contribution in [1.82, 2.24) is 5.32 Å². The Balaban J connectivity index is 2.13. The predicted octanol–water partition coefficient (Wildman–Crippen LogP) is 3.41. The number of nitrogens with one attached hydrogen (secondary N) is 1. The summed E-state index contributed by atoms with van der Waals surface area (Å²) in [6, 6.07) is 9.05. The topological polar surface area (TPSA) is 54.6 Å². The Morgan fingerprint density at radius 3 is 2.63 bits per heavy atom. The van der Waals surface area contributed by atoms with Crippen LogP contribution in [0.2, 0.25) is 0 Å². The standard InChI is InChI=1S/C15H19NO3/c1-10(16-11(2)15-5-4-8-19-15)13-9-12(18-3)6-7-14(13)17/h4-11,16-17H,1-3H3. The maximum Gasteiger partial charge on any atom is 0.120 e. The van der Waals surface area contributed by atoms with E-state index in [9.17, 15) is 5.11 Å². The molecule has 0 saturated carbocycles. The number of ether oxygens (including phenoxy) is 1. The van der Waals surface area contributed by atoms with Gasteiger partial charge in [-0.1, -0.05) is 0 Å². The van der Waals surface area contributed by atoms with Crippen LogP contribution in [0.15, 0.2) is 41.0 Å². The summed E-state index contributed by atoms with van der Waals surface area (Å²) < 4.78 is 10.5. The number of phenolic OH excluding ortho intramolecular Hbond substituents is 1. The van der Waals surface area contributed by atoms with E-state index in [1.54, 1.807) is 25.5 Å². The minimum atomic E-state index is -0.0183. The van der Waals surface area contributed by atoms with Crippen LogP contribution < -0.4 is 10.1 Å². The minimum Gasteiger partial charge on any atom is -0.508 e. The third-order valence-corrected chi connectivity index (χ3v) is 3.17. The van der Waals surface area contributed by atoms with E-state index in [1.807, 2.05) is 32.0 Å². The van der Waals surface area contributed by atoms with Gasteiger partial charge in [0.25, 0.3) is 0 Å². The van der Waals surface area contributed by atoms with E-state index in [2.05, 4.69) is 5.32 Å². The molecule has 0 amide bonds. The van der Waals surface area contributed by atoms with Crippen molar-refractivity contribution in [1.29, 1.82) is 0 Å². The molecule has 4 nitrogen and oxygen atoms in total. The summed E-state index contributed by atoms with van der Waals surface area (Å²) in [7, 11) is 1.61. The van der Waals surface area contributed by atoms with Crippen molar-refractivity contribution in [3.8, 4) is 11.5 Å². The number of hydrogen-bond donors (Lipinski definition) is 2. The van der Waals surface area contributed by atoms with Gasteiger partial charge in [0, 0.05) is 11.6 Å². The maximum atomic E-state index is 9.93. The van der Waals surface area contributed by atoms with E-state index in [1.165, 1.54) is 0 Å². The second kappa shape index (κ2) is 5.80. The third-order valence-electron chi connectivity index (χ3n) is 3.17. The molecule has 2 unspecified atom stereocenters. The highest BCUT2D eigenvalue weighted by molar-refractivity contribution is 5.41. The number of rotatable bonds is 5. The summed E-state index contributed by atoms with van der Waals surface area (Å²) in [6.45, 7) is 4.01. The van der Waals surface area contributed by atoms with Gasteiger partial charge in [-0.15, -0.1) is 0 Å². The lowest BCUT2D eigenvalue weighted by Crippen LogP contribution is -2.22. The molecule has 4 heteroatoms. The van der Waals surface area contributed by atoms with Crippen molar-refractivity contribution >= 4 is 0 Å². The average Bonchev–Trinajstić information content (AvgIpc) is 2.93. The van der Waals surface area contributed by atoms with Crippen molar-refractivity contribution in [2.75, 3.05) is 7.11 Å². The van der Waals surface area contributed by atoms with Crippen LogP contribution in [0.3, 0.4) is 0 Å². The van der Waals surface area contributed by atoms with Gasteiger partial charge >= 0.3 is 0 Å². The highest BCUT2D eigenvalue weighted by Crippen LogP contribution is 2.29. The summed E-state index contributed by atoms with van der Waals surface area (Å²) in [5.41, 5.74) is 0.803. The van der Waals surface area contributed by atoms with Gasteiger partial charge in [0.1, 0.15) is 17.3 Å². The fourth-order valence-electron chi connectivity index (χ4n) is 2.09. The first-order valence-electron chi connectivity index (χ1n) is 6.28. The molecule has 0 aliphatic heterocycles. The number of benzene rings is 1. The molecule has 0 radical (unpaired) electrons. The zero-order chi connectivity index (χ0) is 13.8. The highest BCUT2D eigenvalue weighted by Gasteiger charge is 2.16. The SMILES string of the molecule is COc1ccc(O)c(C(C)NC(C)c2ccco2)c1. The lowest BCUT2D eigenvalue weighted by molar-refractivity contribution is 0.386. The number of phenols is 1. The lowest BCUT2D eigenvalue weighted by Gasteiger charge is -2.20. The number of methoxy groups -OCH3 is 1. The second-order valence-electron chi connectivity index (χ2n) is 4.55. The van der Waals surface area contributed by atoms with Crippen LogP contribution >= 0.6 is 0 Å². The van der Waals surface area contributed by atoms with E-state index in [4.69, 9.17) is 9.15 Å². The van der Waals surface area contributed by atoms with Crippen LogP contribution in [0.4, 0.5) is 0 Å². The monoisotopic (exact) mass is 261 g/mol. The second-order valence-corrected chi connectivity index (χ2v) is 4.55. The van der Waals surface area contributed by atoms with E-state index < -0.39 is 0 Å². The smallest absolute Gasteiger partial charge is 0.120 e. The van der Waals surface area contributed by atoms with E-state index in [0.29, 0.717) is 0 Å². The molecule has 0 saturated heterocycles. The van der Waals surface area contributed by atoms with Crippen molar-refractivity contribution in [2.45, 2.75) is 25.9 Å². The van der Waals surface area contributed by atoms with Crippen molar-refractivity contribution in [2.24, 2.45) is 0 Å². The van der Waals surface area contributed by atoms with Gasteiger partial charge < -0.3 is 19.6 Å². The number of furan rings is 1. The molecule has 0 fully saturated rings. The summed E-state index contributed by atoms with van der Waals surface area (Å²) in [4.78, 5) is 0. The Labute approximate surface area is 113 Å². The van der Waals surface area contributed by atoms with E-state index in [0.717, 1.165) is 17.1 Å².